The Balaban J connectivity index is 1.85. The minimum absolute atomic E-state index is 0.751. The molecule has 2 aliphatic rings. The molecule has 1 N–H and O–H groups in total. The van der Waals surface area contributed by atoms with Crippen molar-refractivity contribution in [3.8, 4) is 0 Å². The number of nitrogens with zero attached hydrogens (tertiary/aromatic N) is 1. The number of nitrogens with one attached hydrogen (secondary N) is 1. The van der Waals surface area contributed by atoms with Gasteiger partial charge in [0.25, 0.3) is 0 Å². The molecule has 20 heavy (non-hydrogen) atoms. The minimum atomic E-state index is 0.751. The van der Waals surface area contributed by atoms with Crippen molar-refractivity contribution in [3.05, 3.63) is 0 Å². The summed E-state index contributed by atoms with van der Waals surface area (Å²) in [4.78, 5) is 2.76. The SMILES string of the molecule is CCCNC(CN(CCC)CC1CC1)C1CCCCC1. The van der Waals surface area contributed by atoms with Crippen LogP contribution in [-0.4, -0.2) is 37.1 Å². The van der Waals surface area contributed by atoms with E-state index in [0.717, 1.165) is 17.9 Å². The van der Waals surface area contributed by atoms with E-state index in [-0.39, 0.29) is 0 Å². The van der Waals surface area contributed by atoms with Gasteiger partial charge in [-0.05, 0) is 63.5 Å². The summed E-state index contributed by atoms with van der Waals surface area (Å²) in [5, 5.41) is 3.88. The third-order valence-electron chi connectivity index (χ3n) is 5.08. The lowest BCUT2D eigenvalue weighted by atomic mass is 9.83. The van der Waals surface area contributed by atoms with Crippen molar-refractivity contribution in [1.82, 2.24) is 10.2 Å². The second-order valence-electron chi connectivity index (χ2n) is 7.16. The Bertz CT molecular complexity index is 244. The Morgan fingerprint density at radius 2 is 1.75 bits per heavy atom. The van der Waals surface area contributed by atoms with Crippen LogP contribution in [0.4, 0.5) is 0 Å². The van der Waals surface area contributed by atoms with Gasteiger partial charge in [-0.25, -0.2) is 0 Å². The highest BCUT2D eigenvalue weighted by Gasteiger charge is 2.28. The molecule has 2 rings (SSSR count). The van der Waals surface area contributed by atoms with E-state index in [0.29, 0.717) is 0 Å². The van der Waals surface area contributed by atoms with Gasteiger partial charge >= 0.3 is 0 Å². The quantitative estimate of drug-likeness (QED) is 0.649. The van der Waals surface area contributed by atoms with Crippen LogP contribution in [0.5, 0.6) is 0 Å². The van der Waals surface area contributed by atoms with Crippen molar-refractivity contribution < 1.29 is 0 Å². The summed E-state index contributed by atoms with van der Waals surface area (Å²) < 4.78 is 0. The van der Waals surface area contributed by atoms with Gasteiger partial charge in [-0.3, -0.25) is 0 Å². The highest BCUT2D eigenvalue weighted by molar-refractivity contribution is 4.84. The highest BCUT2D eigenvalue weighted by Crippen LogP contribution is 2.31. The fraction of sp³-hybridized carbons (Fsp3) is 1.00. The first kappa shape index (κ1) is 16.3. The molecule has 0 aromatic heterocycles. The summed E-state index contributed by atoms with van der Waals surface area (Å²) in [5.41, 5.74) is 0. The molecule has 0 radical (unpaired) electrons. The maximum absolute atomic E-state index is 3.88. The van der Waals surface area contributed by atoms with E-state index in [1.807, 2.05) is 0 Å². The van der Waals surface area contributed by atoms with Crippen LogP contribution < -0.4 is 5.32 Å². The normalized spacial score (nSPS) is 22.4. The predicted octanol–water partition coefficient (Wildman–Crippen LogP) is 4.06. The molecular weight excluding hydrogens is 244 g/mol. The van der Waals surface area contributed by atoms with Crippen LogP contribution in [0.2, 0.25) is 0 Å². The molecule has 0 heterocycles. The van der Waals surface area contributed by atoms with Crippen molar-refractivity contribution >= 4 is 0 Å². The van der Waals surface area contributed by atoms with E-state index >= 15 is 0 Å². The monoisotopic (exact) mass is 280 g/mol. The van der Waals surface area contributed by atoms with Crippen molar-refractivity contribution in [2.75, 3.05) is 26.2 Å². The Morgan fingerprint density at radius 3 is 2.35 bits per heavy atom. The van der Waals surface area contributed by atoms with E-state index in [1.165, 1.54) is 84.0 Å². The lowest BCUT2D eigenvalue weighted by Gasteiger charge is -2.35. The Morgan fingerprint density at radius 1 is 1.00 bits per heavy atom. The first-order chi connectivity index (χ1) is 9.83. The fourth-order valence-electron chi connectivity index (χ4n) is 3.76. The lowest BCUT2D eigenvalue weighted by Crippen LogP contribution is -2.47. The molecule has 1 unspecified atom stereocenters. The maximum Gasteiger partial charge on any atom is 0.0223 e. The van der Waals surface area contributed by atoms with Crippen LogP contribution in [-0.2, 0) is 0 Å². The molecule has 2 saturated carbocycles. The van der Waals surface area contributed by atoms with Gasteiger partial charge in [0.05, 0.1) is 0 Å². The molecule has 0 bridgehead atoms. The number of hydrogen-bond acceptors (Lipinski definition) is 2. The van der Waals surface area contributed by atoms with Crippen LogP contribution in [0.25, 0.3) is 0 Å². The van der Waals surface area contributed by atoms with Gasteiger partial charge < -0.3 is 10.2 Å². The maximum atomic E-state index is 3.88. The van der Waals surface area contributed by atoms with Gasteiger partial charge in [-0.1, -0.05) is 33.1 Å². The van der Waals surface area contributed by atoms with Crippen molar-refractivity contribution in [1.29, 1.82) is 0 Å². The van der Waals surface area contributed by atoms with Crippen LogP contribution in [0.3, 0.4) is 0 Å². The third-order valence-corrected chi connectivity index (χ3v) is 5.08. The Labute approximate surface area is 126 Å². The van der Waals surface area contributed by atoms with Gasteiger partial charge in [0, 0.05) is 19.1 Å². The average Bonchev–Trinajstić information content (AvgIpc) is 3.28. The van der Waals surface area contributed by atoms with Crippen molar-refractivity contribution in [2.45, 2.75) is 77.7 Å². The summed E-state index contributed by atoms with van der Waals surface area (Å²) in [7, 11) is 0. The minimum Gasteiger partial charge on any atom is -0.312 e. The van der Waals surface area contributed by atoms with E-state index in [1.54, 1.807) is 0 Å². The molecule has 1 atom stereocenters. The topological polar surface area (TPSA) is 15.3 Å². The van der Waals surface area contributed by atoms with Crippen molar-refractivity contribution in [3.63, 3.8) is 0 Å². The van der Waals surface area contributed by atoms with E-state index in [2.05, 4.69) is 24.1 Å². The fourth-order valence-corrected chi connectivity index (χ4v) is 3.76. The third kappa shape index (κ3) is 5.73. The average molecular weight is 280 g/mol. The molecule has 0 spiro atoms. The first-order valence-corrected chi connectivity index (χ1v) is 9.29. The molecule has 118 valence electrons. The molecule has 2 nitrogen and oxygen atoms in total. The summed E-state index contributed by atoms with van der Waals surface area (Å²) in [5.74, 6) is 1.97. The largest absolute Gasteiger partial charge is 0.312 e. The van der Waals surface area contributed by atoms with Crippen LogP contribution in [0.15, 0.2) is 0 Å². The predicted molar refractivity (Wildman–Crippen MR) is 88.1 cm³/mol. The summed E-state index contributed by atoms with van der Waals surface area (Å²) >= 11 is 0. The van der Waals surface area contributed by atoms with Gasteiger partial charge in [0.1, 0.15) is 0 Å². The second-order valence-corrected chi connectivity index (χ2v) is 7.16. The van der Waals surface area contributed by atoms with Crippen LogP contribution >= 0.6 is 0 Å². The first-order valence-electron chi connectivity index (χ1n) is 9.29. The zero-order valence-corrected chi connectivity index (χ0v) is 13.9. The summed E-state index contributed by atoms with van der Waals surface area (Å²) in [6, 6.07) is 0.751. The van der Waals surface area contributed by atoms with E-state index in [4.69, 9.17) is 0 Å². The van der Waals surface area contributed by atoms with Gasteiger partial charge in [-0.2, -0.15) is 0 Å². The number of rotatable bonds is 10. The molecule has 2 heteroatoms. The van der Waals surface area contributed by atoms with Crippen LogP contribution in [0.1, 0.15) is 71.6 Å². The zero-order valence-electron chi connectivity index (χ0n) is 13.9. The molecule has 2 aliphatic carbocycles. The molecule has 0 aliphatic heterocycles. The molecule has 0 amide bonds. The van der Waals surface area contributed by atoms with Gasteiger partial charge in [0.2, 0.25) is 0 Å². The van der Waals surface area contributed by atoms with Gasteiger partial charge in [0.15, 0.2) is 0 Å². The van der Waals surface area contributed by atoms with E-state index in [9.17, 15) is 0 Å². The smallest absolute Gasteiger partial charge is 0.0223 e. The molecule has 0 saturated heterocycles. The van der Waals surface area contributed by atoms with Crippen molar-refractivity contribution in [2.24, 2.45) is 11.8 Å². The molecule has 0 aromatic rings. The summed E-state index contributed by atoms with van der Waals surface area (Å²) in [6.07, 6.45) is 12.9. The summed E-state index contributed by atoms with van der Waals surface area (Å²) in [6.45, 7) is 9.78. The Kier molecular flexibility index (Phi) is 7.37. The number of hydrogen-bond donors (Lipinski definition) is 1. The van der Waals surface area contributed by atoms with E-state index < -0.39 is 0 Å². The Hall–Kier alpha value is -0.0800. The zero-order chi connectivity index (χ0) is 14.2. The standard InChI is InChI=1S/C18H36N2/c1-3-12-19-18(17-8-6-5-7-9-17)15-20(13-4-2)14-16-10-11-16/h16-19H,3-15H2,1-2H3. The highest BCUT2D eigenvalue weighted by atomic mass is 15.2. The van der Waals surface area contributed by atoms with Gasteiger partial charge in [-0.15, -0.1) is 0 Å². The lowest BCUT2D eigenvalue weighted by molar-refractivity contribution is 0.178. The molecular formula is C18H36N2. The molecule has 2 fully saturated rings. The second kappa shape index (κ2) is 9.04. The molecule has 0 aromatic carbocycles. The van der Waals surface area contributed by atoms with Crippen LogP contribution in [0, 0.1) is 11.8 Å².